The van der Waals surface area contributed by atoms with E-state index in [1.165, 1.54) is 0 Å². The van der Waals surface area contributed by atoms with Gasteiger partial charge in [0.25, 0.3) is 0 Å². The second-order valence-electron chi connectivity index (χ2n) is 10.0. The number of nitrogens with two attached hydrogens (primary N) is 2. The molecule has 180 valence electrons. The molecule has 0 bridgehead atoms. The lowest BCUT2D eigenvalue weighted by molar-refractivity contribution is -0.274. The number of carbonyl (C=O) groups excluding carboxylic acids is 1. The zero-order chi connectivity index (χ0) is 23.8. The normalized spacial score (nSPS) is 28.8. The minimum absolute atomic E-state index is 0.0520. The van der Waals surface area contributed by atoms with E-state index in [1.54, 1.807) is 14.2 Å². The fourth-order valence-electron chi connectivity index (χ4n) is 5.02. The molecule has 8 heteroatoms. The number of fused-ring (bicyclic) bond motifs is 3. The first-order chi connectivity index (χ1) is 14.9. The number of benzene rings is 1. The maximum Gasteiger partial charge on any atom is 0.325 e. The molecule has 4 atom stereocenters. The molecule has 2 aliphatic heterocycles. The molecular formula is C24H39N3O5. The molecule has 0 aromatic heterocycles. The number of aliphatic hydroxyl groups is 1. The first-order valence-electron chi connectivity index (χ1n) is 11.4. The Bertz CT molecular complexity index is 845. The third-order valence-electron chi connectivity index (χ3n) is 6.92. The fraction of sp³-hybridized carbons (Fsp3) is 0.708. The molecule has 0 amide bonds. The summed E-state index contributed by atoms with van der Waals surface area (Å²) >= 11 is 0. The van der Waals surface area contributed by atoms with Crippen LogP contribution in [0.3, 0.4) is 0 Å². The van der Waals surface area contributed by atoms with Crippen molar-refractivity contribution in [3.8, 4) is 11.5 Å². The van der Waals surface area contributed by atoms with Crippen LogP contribution in [0.1, 0.15) is 51.7 Å². The van der Waals surface area contributed by atoms with Crippen LogP contribution in [-0.2, 0) is 21.6 Å². The number of methoxy groups -OCH3 is 2. The summed E-state index contributed by atoms with van der Waals surface area (Å²) in [6.07, 6.45) is 1.56. The van der Waals surface area contributed by atoms with E-state index in [-0.39, 0.29) is 18.3 Å². The minimum atomic E-state index is -1.72. The zero-order valence-corrected chi connectivity index (χ0v) is 20.2. The highest BCUT2D eigenvalue weighted by atomic mass is 16.7. The van der Waals surface area contributed by atoms with Crippen molar-refractivity contribution in [3.63, 3.8) is 0 Å². The molecule has 0 radical (unpaired) electrons. The van der Waals surface area contributed by atoms with E-state index in [4.69, 9.17) is 25.7 Å². The molecule has 1 aromatic rings. The Morgan fingerprint density at radius 3 is 2.41 bits per heavy atom. The number of nitrogens with zero attached hydrogens (tertiary/aromatic N) is 1. The Kier molecular flexibility index (Phi) is 7.10. The molecule has 0 aliphatic carbocycles. The first-order valence-corrected chi connectivity index (χ1v) is 11.4. The van der Waals surface area contributed by atoms with Crippen molar-refractivity contribution in [2.45, 2.75) is 64.4 Å². The van der Waals surface area contributed by atoms with Gasteiger partial charge in [0.1, 0.15) is 11.7 Å². The lowest BCUT2D eigenvalue weighted by Crippen LogP contribution is -2.69. The van der Waals surface area contributed by atoms with Crippen LogP contribution >= 0.6 is 0 Å². The van der Waals surface area contributed by atoms with Crippen molar-refractivity contribution in [2.75, 3.05) is 27.3 Å². The van der Waals surface area contributed by atoms with Gasteiger partial charge < -0.3 is 30.8 Å². The molecular weight excluding hydrogens is 410 g/mol. The summed E-state index contributed by atoms with van der Waals surface area (Å²) in [7, 11) is 3.18. The second-order valence-corrected chi connectivity index (χ2v) is 10.0. The molecule has 2 heterocycles. The van der Waals surface area contributed by atoms with Crippen molar-refractivity contribution in [2.24, 2.45) is 29.2 Å². The van der Waals surface area contributed by atoms with Crippen molar-refractivity contribution in [1.29, 1.82) is 0 Å². The standard InChI is InChI=1S/C24H39N3O5/c1-14(2)9-17-12-27-8-7-16-10-19(30-5)20(31-6)11-18(16)23(27,26)13-24(17,29)32-22(28)21(25)15(3)4/h10-11,14-15,17,21,29H,7-9,12-13,25-26H2,1-6H3. The topological polar surface area (TPSA) is 120 Å². The molecule has 0 spiro atoms. The summed E-state index contributed by atoms with van der Waals surface area (Å²) in [5.74, 6) is -1.17. The average molecular weight is 450 g/mol. The van der Waals surface area contributed by atoms with Gasteiger partial charge in [0, 0.05) is 25.4 Å². The Morgan fingerprint density at radius 2 is 1.84 bits per heavy atom. The third kappa shape index (κ3) is 4.46. The molecule has 3 rings (SSSR count). The van der Waals surface area contributed by atoms with Gasteiger partial charge in [0.15, 0.2) is 11.5 Å². The van der Waals surface area contributed by atoms with E-state index in [1.807, 2.05) is 26.0 Å². The van der Waals surface area contributed by atoms with Crippen molar-refractivity contribution in [1.82, 2.24) is 4.90 Å². The summed E-state index contributed by atoms with van der Waals surface area (Å²) < 4.78 is 16.7. The molecule has 32 heavy (non-hydrogen) atoms. The zero-order valence-electron chi connectivity index (χ0n) is 20.2. The lowest BCUT2D eigenvalue weighted by Gasteiger charge is -2.56. The van der Waals surface area contributed by atoms with Crippen molar-refractivity contribution >= 4 is 5.97 Å². The van der Waals surface area contributed by atoms with Gasteiger partial charge in [-0.2, -0.15) is 0 Å². The van der Waals surface area contributed by atoms with E-state index >= 15 is 0 Å². The largest absolute Gasteiger partial charge is 0.493 e. The van der Waals surface area contributed by atoms with Gasteiger partial charge in [0.05, 0.1) is 14.2 Å². The van der Waals surface area contributed by atoms with Gasteiger partial charge in [-0.25, -0.2) is 0 Å². The number of esters is 1. The van der Waals surface area contributed by atoms with Crippen LogP contribution in [0.25, 0.3) is 0 Å². The predicted octanol–water partition coefficient (Wildman–Crippen LogP) is 1.95. The maximum absolute atomic E-state index is 12.8. The fourth-order valence-corrected chi connectivity index (χ4v) is 5.02. The van der Waals surface area contributed by atoms with Gasteiger partial charge in [-0.05, 0) is 47.9 Å². The molecule has 2 aliphatic rings. The average Bonchev–Trinajstić information content (AvgIpc) is 2.72. The Balaban J connectivity index is 2.03. The smallest absolute Gasteiger partial charge is 0.325 e. The lowest BCUT2D eigenvalue weighted by atomic mass is 9.73. The molecule has 8 nitrogen and oxygen atoms in total. The summed E-state index contributed by atoms with van der Waals surface area (Å²) in [6.45, 7) is 9.15. The Morgan fingerprint density at radius 1 is 1.22 bits per heavy atom. The number of hydrogen-bond donors (Lipinski definition) is 3. The van der Waals surface area contributed by atoms with Crippen molar-refractivity contribution < 1.29 is 24.1 Å². The molecule has 4 unspecified atom stereocenters. The maximum atomic E-state index is 12.8. The first kappa shape index (κ1) is 24.8. The van der Waals surface area contributed by atoms with E-state index in [2.05, 4.69) is 18.7 Å². The van der Waals surface area contributed by atoms with E-state index in [0.29, 0.717) is 30.4 Å². The molecule has 0 saturated carbocycles. The van der Waals surface area contributed by atoms with Gasteiger partial charge >= 0.3 is 5.97 Å². The molecule has 1 saturated heterocycles. The van der Waals surface area contributed by atoms with Gasteiger partial charge in [0.2, 0.25) is 5.79 Å². The van der Waals surface area contributed by atoms with Crippen LogP contribution in [-0.4, -0.2) is 55.1 Å². The van der Waals surface area contributed by atoms with Gasteiger partial charge in [-0.3, -0.25) is 9.69 Å². The highest BCUT2D eigenvalue weighted by Crippen LogP contribution is 2.48. The van der Waals surface area contributed by atoms with E-state index in [0.717, 1.165) is 24.1 Å². The molecule has 5 N–H and O–H groups in total. The summed E-state index contributed by atoms with van der Waals surface area (Å²) in [5, 5.41) is 11.8. The number of rotatable bonds is 7. The Hall–Kier alpha value is -1.87. The highest BCUT2D eigenvalue weighted by Gasteiger charge is 2.56. The number of piperidine rings is 1. The molecule has 1 aromatic carbocycles. The van der Waals surface area contributed by atoms with Crippen molar-refractivity contribution in [3.05, 3.63) is 23.3 Å². The highest BCUT2D eigenvalue weighted by molar-refractivity contribution is 5.76. The number of carbonyl (C=O) groups is 1. The quantitative estimate of drug-likeness (QED) is 0.427. The van der Waals surface area contributed by atoms with Gasteiger partial charge in [-0.1, -0.05) is 27.7 Å². The summed E-state index contributed by atoms with van der Waals surface area (Å²) in [4.78, 5) is 15.0. The van der Waals surface area contributed by atoms with Gasteiger partial charge in [-0.15, -0.1) is 0 Å². The van der Waals surface area contributed by atoms with Crippen LogP contribution in [0.15, 0.2) is 12.1 Å². The molecule has 1 fully saturated rings. The summed E-state index contributed by atoms with van der Waals surface area (Å²) in [5.41, 5.74) is 13.9. The number of ether oxygens (including phenoxy) is 3. The SMILES string of the molecule is COc1cc2c(cc1OC)C1(N)CC(O)(OC(=O)C(N)C(C)C)C(CC(C)C)CN1CC2. The van der Waals surface area contributed by atoms with E-state index in [9.17, 15) is 9.90 Å². The summed E-state index contributed by atoms with van der Waals surface area (Å²) in [6, 6.07) is 3.01. The van der Waals surface area contributed by atoms with Crippen LogP contribution < -0.4 is 20.9 Å². The van der Waals surface area contributed by atoms with Crippen LogP contribution in [0, 0.1) is 17.8 Å². The minimum Gasteiger partial charge on any atom is -0.493 e. The number of hydrogen-bond acceptors (Lipinski definition) is 8. The predicted molar refractivity (Wildman–Crippen MR) is 122 cm³/mol. The van der Waals surface area contributed by atoms with Crippen LogP contribution in [0.5, 0.6) is 11.5 Å². The van der Waals surface area contributed by atoms with Crippen LogP contribution in [0.2, 0.25) is 0 Å². The Labute approximate surface area is 191 Å². The monoisotopic (exact) mass is 449 g/mol. The second kappa shape index (κ2) is 9.17. The van der Waals surface area contributed by atoms with E-state index < -0.39 is 23.5 Å². The third-order valence-corrected chi connectivity index (χ3v) is 6.92. The van der Waals surface area contributed by atoms with Crippen LogP contribution in [0.4, 0.5) is 0 Å².